The molecule has 0 fully saturated rings. The van der Waals surface area contributed by atoms with Gasteiger partial charge in [0.15, 0.2) is 0 Å². The fraction of sp³-hybridized carbons (Fsp3) is 0.455. The van der Waals surface area contributed by atoms with E-state index in [1.807, 2.05) is 12.1 Å². The van der Waals surface area contributed by atoms with E-state index in [1.54, 1.807) is 6.07 Å². The van der Waals surface area contributed by atoms with Gasteiger partial charge in [-0.2, -0.15) is 0 Å². The van der Waals surface area contributed by atoms with E-state index in [2.05, 4.69) is 27.9 Å². The molecule has 0 spiro atoms. The highest BCUT2D eigenvalue weighted by Gasteiger charge is 1.98. The fourth-order valence-corrected chi connectivity index (χ4v) is 1.75. The molecule has 0 heterocycles. The molecule has 1 nitrogen and oxygen atoms in total. The third kappa shape index (κ3) is 4.37. The third-order valence-corrected chi connectivity index (χ3v) is 2.77. The summed E-state index contributed by atoms with van der Waals surface area (Å²) >= 11 is 2.37. The lowest BCUT2D eigenvalue weighted by molar-refractivity contribution is 0.581. The van der Waals surface area contributed by atoms with E-state index in [0.717, 1.165) is 18.5 Å². The predicted molar refractivity (Wildman–Crippen MR) is 66.2 cm³/mol. The van der Waals surface area contributed by atoms with Crippen molar-refractivity contribution >= 4 is 22.6 Å². The van der Waals surface area contributed by atoms with E-state index in [0.29, 0.717) is 6.54 Å². The minimum Gasteiger partial charge on any atom is -0.313 e. The minimum atomic E-state index is -0.117. The van der Waals surface area contributed by atoms with Crippen LogP contribution in [0.5, 0.6) is 0 Å². The van der Waals surface area contributed by atoms with Crippen LogP contribution < -0.4 is 5.32 Å². The molecule has 0 bridgehead atoms. The first-order valence-electron chi connectivity index (χ1n) is 4.84. The van der Waals surface area contributed by atoms with E-state index in [-0.39, 0.29) is 5.82 Å². The summed E-state index contributed by atoms with van der Waals surface area (Å²) in [6, 6.07) is 6.91. The lowest BCUT2D eigenvalue weighted by Crippen LogP contribution is -2.15. The van der Waals surface area contributed by atoms with Crippen LogP contribution in [0.3, 0.4) is 0 Å². The summed E-state index contributed by atoms with van der Waals surface area (Å²) in [6.45, 7) is 1.60. The topological polar surface area (TPSA) is 12.0 Å². The van der Waals surface area contributed by atoms with Gasteiger partial charge >= 0.3 is 0 Å². The summed E-state index contributed by atoms with van der Waals surface area (Å²) in [5.41, 5.74) is 0.752. The molecule has 0 saturated carbocycles. The number of unbranched alkanes of at least 4 members (excludes halogenated alkanes) is 1. The molecule has 0 aliphatic rings. The van der Waals surface area contributed by atoms with Crippen molar-refractivity contribution in [3.63, 3.8) is 0 Å². The zero-order valence-electron chi connectivity index (χ0n) is 8.10. The van der Waals surface area contributed by atoms with Crippen molar-refractivity contribution in [2.45, 2.75) is 19.4 Å². The van der Waals surface area contributed by atoms with Crippen LogP contribution in [0, 0.1) is 5.82 Å². The second-order valence-corrected chi connectivity index (χ2v) is 4.24. The molecule has 14 heavy (non-hydrogen) atoms. The van der Waals surface area contributed by atoms with Gasteiger partial charge in [-0.3, -0.25) is 0 Å². The zero-order valence-corrected chi connectivity index (χ0v) is 10.3. The van der Waals surface area contributed by atoms with Crippen LogP contribution in [0.25, 0.3) is 0 Å². The molecule has 0 unspecified atom stereocenters. The van der Waals surface area contributed by atoms with E-state index < -0.39 is 0 Å². The molecule has 78 valence electrons. The van der Waals surface area contributed by atoms with Crippen LogP contribution in [-0.4, -0.2) is 11.0 Å². The standard InChI is InChI=1S/C11H15FIN/c12-11-6-2-1-5-10(11)9-14-8-4-3-7-13/h1-2,5-6,14H,3-4,7-9H2. The second-order valence-electron chi connectivity index (χ2n) is 3.16. The van der Waals surface area contributed by atoms with Crippen molar-refractivity contribution in [3.05, 3.63) is 35.6 Å². The zero-order chi connectivity index (χ0) is 10.2. The van der Waals surface area contributed by atoms with Crippen molar-refractivity contribution in [2.75, 3.05) is 11.0 Å². The van der Waals surface area contributed by atoms with E-state index in [9.17, 15) is 4.39 Å². The summed E-state index contributed by atoms with van der Waals surface area (Å²) in [5.74, 6) is -0.117. The van der Waals surface area contributed by atoms with Crippen molar-refractivity contribution < 1.29 is 4.39 Å². The molecule has 1 rings (SSSR count). The molecule has 0 aliphatic carbocycles. The van der Waals surface area contributed by atoms with Crippen LogP contribution in [0.4, 0.5) is 4.39 Å². The first-order valence-corrected chi connectivity index (χ1v) is 6.37. The molecule has 0 amide bonds. The maximum Gasteiger partial charge on any atom is 0.127 e. The van der Waals surface area contributed by atoms with Gasteiger partial charge in [-0.1, -0.05) is 40.8 Å². The van der Waals surface area contributed by atoms with Gasteiger partial charge in [0.2, 0.25) is 0 Å². The monoisotopic (exact) mass is 307 g/mol. The molecule has 0 atom stereocenters. The lowest BCUT2D eigenvalue weighted by Gasteiger charge is -2.04. The average molecular weight is 307 g/mol. The second kappa shape index (κ2) is 7.17. The fourth-order valence-electron chi connectivity index (χ4n) is 1.21. The summed E-state index contributed by atoms with van der Waals surface area (Å²) in [6.07, 6.45) is 2.39. The van der Waals surface area contributed by atoms with Gasteiger partial charge in [0.25, 0.3) is 0 Å². The number of hydrogen-bond acceptors (Lipinski definition) is 1. The minimum absolute atomic E-state index is 0.117. The molecule has 1 N–H and O–H groups in total. The van der Waals surface area contributed by atoms with E-state index >= 15 is 0 Å². The quantitative estimate of drug-likeness (QED) is 0.484. The van der Waals surface area contributed by atoms with Gasteiger partial charge < -0.3 is 5.32 Å². The number of halogens is 2. The van der Waals surface area contributed by atoms with Crippen molar-refractivity contribution in [2.24, 2.45) is 0 Å². The molecule has 1 aromatic carbocycles. The van der Waals surface area contributed by atoms with Crippen LogP contribution in [0.2, 0.25) is 0 Å². The highest BCUT2D eigenvalue weighted by Crippen LogP contribution is 2.05. The molecular formula is C11H15FIN. The average Bonchev–Trinajstić information content (AvgIpc) is 2.20. The molecule has 0 aromatic heterocycles. The Morgan fingerprint density at radius 1 is 1.21 bits per heavy atom. The van der Waals surface area contributed by atoms with Crippen molar-refractivity contribution in [1.82, 2.24) is 5.32 Å². The Kier molecular flexibility index (Phi) is 6.10. The maximum atomic E-state index is 13.1. The summed E-state index contributed by atoms with van der Waals surface area (Å²) in [5, 5.41) is 3.23. The van der Waals surface area contributed by atoms with Gasteiger partial charge in [0.1, 0.15) is 5.82 Å². The first-order chi connectivity index (χ1) is 6.84. The Morgan fingerprint density at radius 3 is 2.71 bits per heavy atom. The molecular weight excluding hydrogens is 292 g/mol. The highest BCUT2D eigenvalue weighted by molar-refractivity contribution is 14.1. The van der Waals surface area contributed by atoms with Crippen LogP contribution in [-0.2, 0) is 6.54 Å². The normalized spacial score (nSPS) is 10.4. The summed E-state index contributed by atoms with van der Waals surface area (Å²) < 4.78 is 14.3. The number of rotatable bonds is 6. The van der Waals surface area contributed by atoms with Gasteiger partial charge in [0, 0.05) is 12.1 Å². The van der Waals surface area contributed by atoms with Gasteiger partial charge in [-0.25, -0.2) is 4.39 Å². The predicted octanol–water partition coefficient (Wildman–Crippen LogP) is 3.13. The highest BCUT2D eigenvalue weighted by atomic mass is 127. The van der Waals surface area contributed by atoms with Crippen LogP contribution >= 0.6 is 22.6 Å². The Bertz CT molecular complexity index is 265. The lowest BCUT2D eigenvalue weighted by atomic mass is 10.2. The first kappa shape index (κ1) is 11.9. The van der Waals surface area contributed by atoms with Crippen molar-refractivity contribution in [1.29, 1.82) is 0 Å². The molecule has 0 radical (unpaired) electrons. The Labute approximate surface area is 98.2 Å². The van der Waals surface area contributed by atoms with Gasteiger partial charge in [-0.15, -0.1) is 0 Å². The van der Waals surface area contributed by atoms with Gasteiger partial charge in [-0.05, 0) is 29.9 Å². The van der Waals surface area contributed by atoms with Crippen LogP contribution in [0.15, 0.2) is 24.3 Å². The van der Waals surface area contributed by atoms with E-state index in [1.165, 1.54) is 16.9 Å². The Balaban J connectivity index is 2.21. The molecule has 1 aromatic rings. The number of hydrogen-bond donors (Lipinski definition) is 1. The largest absolute Gasteiger partial charge is 0.313 e. The Hall–Kier alpha value is -0.160. The molecule has 0 saturated heterocycles. The van der Waals surface area contributed by atoms with Gasteiger partial charge in [0.05, 0.1) is 0 Å². The number of alkyl halides is 1. The van der Waals surface area contributed by atoms with E-state index in [4.69, 9.17) is 0 Å². The van der Waals surface area contributed by atoms with Crippen LogP contribution in [0.1, 0.15) is 18.4 Å². The summed E-state index contributed by atoms with van der Waals surface area (Å²) in [4.78, 5) is 0. The molecule has 0 aliphatic heterocycles. The number of benzene rings is 1. The third-order valence-electron chi connectivity index (χ3n) is 2.01. The maximum absolute atomic E-state index is 13.1. The van der Waals surface area contributed by atoms with Crippen molar-refractivity contribution in [3.8, 4) is 0 Å². The smallest absolute Gasteiger partial charge is 0.127 e. The Morgan fingerprint density at radius 2 is 2.00 bits per heavy atom. The number of nitrogens with one attached hydrogen (secondary N) is 1. The summed E-state index contributed by atoms with van der Waals surface area (Å²) in [7, 11) is 0. The SMILES string of the molecule is Fc1ccccc1CNCCCCI. The molecule has 3 heteroatoms.